The number of aromatic hydroxyl groups is 1. The fourth-order valence-electron chi connectivity index (χ4n) is 2.30. The second-order valence-electron chi connectivity index (χ2n) is 4.73. The molecule has 0 aliphatic carbocycles. The summed E-state index contributed by atoms with van der Waals surface area (Å²) in [7, 11) is -3.20. The Morgan fingerprint density at radius 1 is 1.15 bits per heavy atom. The van der Waals surface area contributed by atoms with Crippen LogP contribution in [0, 0.1) is 0 Å². The Labute approximate surface area is 124 Å². The average molecular weight is 319 g/mol. The molecule has 1 aromatic carbocycles. The van der Waals surface area contributed by atoms with Crippen LogP contribution in [0.2, 0.25) is 0 Å². The average Bonchev–Trinajstić information content (AvgIpc) is 2.46. The summed E-state index contributed by atoms with van der Waals surface area (Å²) in [6.45, 7) is 2.05. The normalized spacial score (nSPS) is 17.4. The van der Waals surface area contributed by atoms with Crippen LogP contribution >= 0.6 is 11.6 Å². The zero-order chi connectivity index (χ0) is 14.6. The van der Waals surface area contributed by atoms with Gasteiger partial charge < -0.3 is 10.0 Å². The molecule has 1 fully saturated rings. The van der Waals surface area contributed by atoms with Crippen molar-refractivity contribution in [2.75, 3.05) is 42.7 Å². The predicted molar refractivity (Wildman–Crippen MR) is 81.0 cm³/mol. The minimum Gasteiger partial charge on any atom is -0.506 e. The summed E-state index contributed by atoms with van der Waals surface area (Å²) in [6.07, 6.45) is 0.476. The lowest BCUT2D eigenvalue weighted by atomic mass is 10.2. The molecule has 1 aromatic rings. The fourth-order valence-corrected chi connectivity index (χ4v) is 4.08. The van der Waals surface area contributed by atoms with Crippen molar-refractivity contribution in [3.63, 3.8) is 0 Å². The summed E-state index contributed by atoms with van der Waals surface area (Å²) in [5.41, 5.74) is 0.755. The quantitative estimate of drug-likeness (QED) is 0.835. The van der Waals surface area contributed by atoms with Crippen LogP contribution < -0.4 is 4.90 Å². The van der Waals surface area contributed by atoms with E-state index in [2.05, 4.69) is 0 Å². The lowest BCUT2D eigenvalue weighted by Crippen LogP contribution is -2.49. The Balaban J connectivity index is 1.98. The van der Waals surface area contributed by atoms with E-state index >= 15 is 0 Å². The molecule has 0 aromatic heterocycles. The first-order valence-corrected chi connectivity index (χ1v) is 8.76. The lowest BCUT2D eigenvalue weighted by molar-refractivity contribution is 0.382. The third-order valence-electron chi connectivity index (χ3n) is 3.39. The van der Waals surface area contributed by atoms with E-state index in [9.17, 15) is 13.5 Å². The van der Waals surface area contributed by atoms with Gasteiger partial charge in [0.15, 0.2) is 0 Å². The molecule has 0 spiro atoms. The van der Waals surface area contributed by atoms with E-state index in [-0.39, 0.29) is 11.5 Å². The second kappa shape index (κ2) is 6.65. The molecule has 20 heavy (non-hydrogen) atoms. The number of hydrogen-bond donors (Lipinski definition) is 1. The molecule has 1 aliphatic heterocycles. The number of phenolic OH excluding ortho intramolecular Hbond substituents is 1. The van der Waals surface area contributed by atoms with Crippen molar-refractivity contribution in [1.82, 2.24) is 4.31 Å². The summed E-state index contributed by atoms with van der Waals surface area (Å²) < 4.78 is 25.6. The van der Waals surface area contributed by atoms with Crippen LogP contribution in [0.1, 0.15) is 6.42 Å². The van der Waals surface area contributed by atoms with E-state index < -0.39 is 10.0 Å². The minimum absolute atomic E-state index is 0.104. The fraction of sp³-hybridized carbons (Fsp3) is 0.538. The molecule has 5 nitrogen and oxygen atoms in total. The number of anilines is 1. The predicted octanol–water partition coefficient (Wildman–Crippen LogP) is 1.47. The van der Waals surface area contributed by atoms with Crippen molar-refractivity contribution >= 4 is 27.3 Å². The van der Waals surface area contributed by atoms with E-state index in [0.29, 0.717) is 38.5 Å². The van der Waals surface area contributed by atoms with Crippen LogP contribution in [0.15, 0.2) is 24.3 Å². The number of alkyl halides is 1. The highest BCUT2D eigenvalue weighted by Crippen LogP contribution is 2.27. The summed E-state index contributed by atoms with van der Waals surface area (Å²) in [5.74, 6) is 0.690. The maximum atomic E-state index is 12.1. The van der Waals surface area contributed by atoms with Gasteiger partial charge in [0.25, 0.3) is 0 Å². The van der Waals surface area contributed by atoms with E-state index in [4.69, 9.17) is 11.6 Å². The van der Waals surface area contributed by atoms with Gasteiger partial charge in [0.05, 0.1) is 11.4 Å². The zero-order valence-corrected chi connectivity index (χ0v) is 12.8. The van der Waals surface area contributed by atoms with Gasteiger partial charge in [0, 0.05) is 32.1 Å². The topological polar surface area (TPSA) is 60.9 Å². The Kier molecular flexibility index (Phi) is 5.12. The van der Waals surface area contributed by atoms with Crippen molar-refractivity contribution in [3.8, 4) is 5.75 Å². The molecule has 1 saturated heterocycles. The maximum Gasteiger partial charge on any atom is 0.214 e. The molecule has 2 rings (SSSR count). The zero-order valence-electron chi connectivity index (χ0n) is 11.2. The molecule has 1 N–H and O–H groups in total. The molecule has 0 bridgehead atoms. The molecule has 112 valence electrons. The highest BCUT2D eigenvalue weighted by molar-refractivity contribution is 7.89. The SMILES string of the molecule is O=S(=O)(CCCCl)N1CCN(c2ccccc2O)CC1. The molecule has 7 heteroatoms. The van der Waals surface area contributed by atoms with Crippen molar-refractivity contribution < 1.29 is 13.5 Å². The van der Waals surface area contributed by atoms with Gasteiger partial charge in [-0.15, -0.1) is 11.6 Å². The van der Waals surface area contributed by atoms with Crippen LogP contribution in [0.3, 0.4) is 0 Å². The number of halogens is 1. The third-order valence-corrected chi connectivity index (χ3v) is 5.61. The summed E-state index contributed by atoms with van der Waals surface area (Å²) in [4.78, 5) is 2.00. The summed E-state index contributed by atoms with van der Waals surface area (Å²) >= 11 is 5.55. The number of piperazine rings is 1. The van der Waals surface area contributed by atoms with E-state index in [1.807, 2.05) is 17.0 Å². The number of sulfonamides is 1. The molecule has 0 amide bonds. The maximum absolute atomic E-state index is 12.1. The standard InChI is InChI=1S/C13H19ClN2O3S/c14-6-3-11-20(18,19)16-9-7-15(8-10-16)12-4-1-2-5-13(12)17/h1-2,4-5,17H,3,6-11H2. The second-order valence-corrected chi connectivity index (χ2v) is 7.20. The van der Waals surface area contributed by atoms with Gasteiger partial charge in [-0.3, -0.25) is 0 Å². The molecule has 0 unspecified atom stereocenters. The molecule has 0 radical (unpaired) electrons. The van der Waals surface area contributed by atoms with Gasteiger partial charge in [-0.1, -0.05) is 12.1 Å². The monoisotopic (exact) mass is 318 g/mol. The van der Waals surface area contributed by atoms with Gasteiger partial charge in [-0.2, -0.15) is 4.31 Å². The number of phenols is 1. The van der Waals surface area contributed by atoms with Crippen LogP contribution in [-0.2, 0) is 10.0 Å². The Morgan fingerprint density at radius 2 is 1.80 bits per heavy atom. The van der Waals surface area contributed by atoms with Crippen molar-refractivity contribution in [3.05, 3.63) is 24.3 Å². The molecular formula is C13H19ClN2O3S. The lowest BCUT2D eigenvalue weighted by Gasteiger charge is -2.35. The first-order chi connectivity index (χ1) is 9.54. The highest BCUT2D eigenvalue weighted by atomic mass is 35.5. The van der Waals surface area contributed by atoms with Gasteiger partial charge in [-0.05, 0) is 18.6 Å². The summed E-state index contributed by atoms with van der Waals surface area (Å²) in [5, 5.41) is 9.82. The minimum atomic E-state index is -3.20. The molecule has 1 heterocycles. The van der Waals surface area contributed by atoms with Crippen molar-refractivity contribution in [2.24, 2.45) is 0 Å². The van der Waals surface area contributed by atoms with Crippen LogP contribution in [0.25, 0.3) is 0 Å². The molecular weight excluding hydrogens is 300 g/mol. The Hall–Kier alpha value is -0.980. The molecule has 1 aliphatic rings. The highest BCUT2D eigenvalue weighted by Gasteiger charge is 2.27. The van der Waals surface area contributed by atoms with Crippen molar-refractivity contribution in [2.45, 2.75) is 6.42 Å². The van der Waals surface area contributed by atoms with Gasteiger partial charge in [-0.25, -0.2) is 8.42 Å². The number of rotatable bonds is 5. The third kappa shape index (κ3) is 3.56. The summed E-state index contributed by atoms with van der Waals surface area (Å²) in [6, 6.07) is 7.11. The first-order valence-electron chi connectivity index (χ1n) is 6.61. The van der Waals surface area contributed by atoms with Gasteiger partial charge >= 0.3 is 0 Å². The Morgan fingerprint density at radius 3 is 2.40 bits per heavy atom. The number of para-hydroxylation sites is 2. The molecule has 0 atom stereocenters. The Bertz CT molecular complexity index is 542. The first kappa shape index (κ1) is 15.4. The van der Waals surface area contributed by atoms with Crippen molar-refractivity contribution in [1.29, 1.82) is 0 Å². The van der Waals surface area contributed by atoms with Gasteiger partial charge in [0.2, 0.25) is 10.0 Å². The molecule has 0 saturated carbocycles. The van der Waals surface area contributed by atoms with Crippen LogP contribution in [0.5, 0.6) is 5.75 Å². The van der Waals surface area contributed by atoms with E-state index in [0.717, 1.165) is 5.69 Å². The van der Waals surface area contributed by atoms with Gasteiger partial charge in [0.1, 0.15) is 5.75 Å². The van der Waals surface area contributed by atoms with E-state index in [1.165, 1.54) is 4.31 Å². The number of nitrogens with zero attached hydrogens (tertiary/aromatic N) is 2. The largest absolute Gasteiger partial charge is 0.506 e. The van der Waals surface area contributed by atoms with Crippen LogP contribution in [0.4, 0.5) is 5.69 Å². The smallest absolute Gasteiger partial charge is 0.214 e. The number of hydrogen-bond acceptors (Lipinski definition) is 4. The van der Waals surface area contributed by atoms with E-state index in [1.54, 1.807) is 12.1 Å². The number of benzene rings is 1. The van der Waals surface area contributed by atoms with Crippen LogP contribution in [-0.4, -0.2) is 55.6 Å².